The monoisotopic (exact) mass is 182 g/mol. The van der Waals surface area contributed by atoms with E-state index in [2.05, 4.69) is 17.2 Å². The lowest BCUT2D eigenvalue weighted by molar-refractivity contribution is -0.125. The Morgan fingerprint density at radius 3 is 3.08 bits per heavy atom. The summed E-state index contributed by atoms with van der Waals surface area (Å²) in [7, 11) is 0. The molecule has 1 fully saturated rings. The average molecular weight is 182 g/mol. The number of carbonyl (C=O) groups is 1. The van der Waals surface area contributed by atoms with Gasteiger partial charge in [0.15, 0.2) is 0 Å². The largest absolute Gasteiger partial charge is 0.350 e. The van der Waals surface area contributed by atoms with Gasteiger partial charge in [0.25, 0.3) is 0 Å². The van der Waals surface area contributed by atoms with Gasteiger partial charge in [0, 0.05) is 12.6 Å². The minimum absolute atomic E-state index is 0.0782. The standard InChI is InChI=1S/C10H18N2O/c1-3-8(2)12-10(13)9-5-4-6-11-7-9/h3,8-9,11H,1,4-7H2,2H3,(H,12,13)/t8?,9-/m1/s1. The van der Waals surface area contributed by atoms with E-state index >= 15 is 0 Å². The van der Waals surface area contributed by atoms with Crippen LogP contribution in [0.5, 0.6) is 0 Å². The van der Waals surface area contributed by atoms with Crippen LogP contribution in [0.15, 0.2) is 12.7 Å². The molecule has 74 valence electrons. The van der Waals surface area contributed by atoms with Crippen molar-refractivity contribution in [2.24, 2.45) is 5.92 Å². The maximum atomic E-state index is 11.6. The van der Waals surface area contributed by atoms with E-state index in [4.69, 9.17) is 0 Å². The number of carbonyl (C=O) groups excluding carboxylic acids is 1. The van der Waals surface area contributed by atoms with E-state index in [0.29, 0.717) is 0 Å². The summed E-state index contributed by atoms with van der Waals surface area (Å²) in [4.78, 5) is 11.6. The lowest BCUT2D eigenvalue weighted by atomic mass is 9.98. The smallest absolute Gasteiger partial charge is 0.224 e. The van der Waals surface area contributed by atoms with Crippen molar-refractivity contribution in [2.45, 2.75) is 25.8 Å². The van der Waals surface area contributed by atoms with Crippen molar-refractivity contribution in [3.8, 4) is 0 Å². The van der Waals surface area contributed by atoms with Crippen LogP contribution >= 0.6 is 0 Å². The van der Waals surface area contributed by atoms with Crippen LogP contribution in [0.4, 0.5) is 0 Å². The number of hydrogen-bond donors (Lipinski definition) is 2. The third kappa shape index (κ3) is 3.19. The van der Waals surface area contributed by atoms with Crippen molar-refractivity contribution in [1.82, 2.24) is 10.6 Å². The number of piperidine rings is 1. The highest BCUT2D eigenvalue weighted by Crippen LogP contribution is 2.09. The van der Waals surface area contributed by atoms with Crippen LogP contribution in [0.2, 0.25) is 0 Å². The zero-order valence-corrected chi connectivity index (χ0v) is 8.18. The fraction of sp³-hybridized carbons (Fsp3) is 0.700. The lowest BCUT2D eigenvalue weighted by Gasteiger charge is -2.23. The number of amides is 1. The first-order chi connectivity index (χ1) is 6.24. The fourth-order valence-corrected chi connectivity index (χ4v) is 1.48. The minimum atomic E-state index is 0.0782. The molecular weight excluding hydrogens is 164 g/mol. The highest BCUT2D eigenvalue weighted by atomic mass is 16.1. The third-order valence-corrected chi connectivity index (χ3v) is 2.39. The normalized spacial score (nSPS) is 24.8. The van der Waals surface area contributed by atoms with Crippen molar-refractivity contribution in [3.05, 3.63) is 12.7 Å². The van der Waals surface area contributed by atoms with Gasteiger partial charge in [-0.2, -0.15) is 0 Å². The predicted octanol–water partition coefficient (Wildman–Crippen LogP) is 0.677. The second kappa shape index (κ2) is 5.02. The summed E-state index contributed by atoms with van der Waals surface area (Å²) in [5.41, 5.74) is 0. The summed E-state index contributed by atoms with van der Waals surface area (Å²) in [6.45, 7) is 7.42. The molecule has 0 aromatic carbocycles. The summed E-state index contributed by atoms with van der Waals surface area (Å²) >= 11 is 0. The highest BCUT2D eigenvalue weighted by Gasteiger charge is 2.20. The third-order valence-electron chi connectivity index (χ3n) is 2.39. The van der Waals surface area contributed by atoms with Gasteiger partial charge in [-0.25, -0.2) is 0 Å². The topological polar surface area (TPSA) is 41.1 Å². The van der Waals surface area contributed by atoms with Gasteiger partial charge in [0.05, 0.1) is 5.92 Å². The van der Waals surface area contributed by atoms with Gasteiger partial charge in [0.1, 0.15) is 0 Å². The SMILES string of the molecule is C=CC(C)NC(=O)[C@@H]1CCCNC1. The zero-order valence-electron chi connectivity index (χ0n) is 8.18. The zero-order chi connectivity index (χ0) is 9.68. The summed E-state index contributed by atoms with van der Waals surface area (Å²) in [6.07, 6.45) is 3.84. The summed E-state index contributed by atoms with van der Waals surface area (Å²) in [5, 5.41) is 6.12. The first-order valence-corrected chi connectivity index (χ1v) is 4.87. The van der Waals surface area contributed by atoms with Crippen LogP contribution in [0, 0.1) is 5.92 Å². The van der Waals surface area contributed by atoms with Gasteiger partial charge < -0.3 is 10.6 Å². The molecule has 0 aliphatic carbocycles. The Balaban J connectivity index is 2.32. The van der Waals surface area contributed by atoms with Crippen LogP contribution in [-0.2, 0) is 4.79 Å². The van der Waals surface area contributed by atoms with E-state index in [-0.39, 0.29) is 17.9 Å². The van der Waals surface area contributed by atoms with E-state index in [0.717, 1.165) is 25.9 Å². The van der Waals surface area contributed by atoms with Gasteiger partial charge in [-0.05, 0) is 26.3 Å². The van der Waals surface area contributed by atoms with Crippen LogP contribution in [-0.4, -0.2) is 25.0 Å². The molecule has 1 rings (SSSR count). The molecule has 1 aliphatic heterocycles. The van der Waals surface area contributed by atoms with Gasteiger partial charge in [-0.3, -0.25) is 4.79 Å². The molecule has 1 unspecified atom stereocenters. The quantitative estimate of drug-likeness (QED) is 0.630. The van der Waals surface area contributed by atoms with Crippen molar-refractivity contribution in [3.63, 3.8) is 0 Å². The van der Waals surface area contributed by atoms with Gasteiger partial charge in [-0.15, -0.1) is 6.58 Å². The molecule has 0 aromatic rings. The molecule has 1 aliphatic rings. The Hall–Kier alpha value is -0.830. The molecule has 0 spiro atoms. The molecule has 13 heavy (non-hydrogen) atoms. The second-order valence-electron chi connectivity index (χ2n) is 3.58. The first kappa shape index (κ1) is 10.3. The predicted molar refractivity (Wildman–Crippen MR) is 53.4 cm³/mol. The minimum Gasteiger partial charge on any atom is -0.350 e. The molecule has 1 amide bonds. The van der Waals surface area contributed by atoms with Crippen LogP contribution < -0.4 is 10.6 Å². The molecular formula is C10H18N2O. The van der Waals surface area contributed by atoms with E-state index in [1.165, 1.54) is 0 Å². The molecule has 3 nitrogen and oxygen atoms in total. The molecule has 0 aromatic heterocycles. The summed E-state index contributed by atoms with van der Waals surface area (Å²) < 4.78 is 0. The molecule has 2 N–H and O–H groups in total. The van der Waals surface area contributed by atoms with Gasteiger partial charge in [0.2, 0.25) is 5.91 Å². The van der Waals surface area contributed by atoms with Gasteiger partial charge >= 0.3 is 0 Å². The number of rotatable bonds is 3. The molecule has 0 bridgehead atoms. The Bertz CT molecular complexity index is 185. The number of hydrogen-bond acceptors (Lipinski definition) is 2. The van der Waals surface area contributed by atoms with Crippen LogP contribution in [0.3, 0.4) is 0 Å². The maximum absolute atomic E-state index is 11.6. The van der Waals surface area contributed by atoms with E-state index in [1.54, 1.807) is 6.08 Å². The van der Waals surface area contributed by atoms with Crippen molar-refractivity contribution in [2.75, 3.05) is 13.1 Å². The molecule has 0 radical (unpaired) electrons. The van der Waals surface area contributed by atoms with Crippen LogP contribution in [0.25, 0.3) is 0 Å². The van der Waals surface area contributed by atoms with Crippen molar-refractivity contribution in [1.29, 1.82) is 0 Å². The Kier molecular flexibility index (Phi) is 3.96. The fourth-order valence-electron chi connectivity index (χ4n) is 1.48. The maximum Gasteiger partial charge on any atom is 0.224 e. The number of nitrogens with one attached hydrogen (secondary N) is 2. The molecule has 3 heteroatoms. The van der Waals surface area contributed by atoms with Crippen LogP contribution in [0.1, 0.15) is 19.8 Å². The summed E-state index contributed by atoms with van der Waals surface area (Å²) in [6, 6.07) is 0.0782. The Morgan fingerprint density at radius 2 is 2.54 bits per heavy atom. The average Bonchev–Trinajstić information content (AvgIpc) is 2.19. The second-order valence-corrected chi connectivity index (χ2v) is 3.58. The van der Waals surface area contributed by atoms with E-state index in [9.17, 15) is 4.79 Å². The van der Waals surface area contributed by atoms with Crippen molar-refractivity contribution >= 4 is 5.91 Å². The lowest BCUT2D eigenvalue weighted by Crippen LogP contribution is -2.43. The molecule has 2 atom stereocenters. The molecule has 1 heterocycles. The first-order valence-electron chi connectivity index (χ1n) is 4.87. The van der Waals surface area contributed by atoms with Gasteiger partial charge in [-0.1, -0.05) is 6.08 Å². The molecule has 1 saturated heterocycles. The van der Waals surface area contributed by atoms with E-state index < -0.39 is 0 Å². The summed E-state index contributed by atoms with van der Waals surface area (Å²) in [5.74, 6) is 0.302. The van der Waals surface area contributed by atoms with E-state index in [1.807, 2.05) is 6.92 Å². The highest BCUT2D eigenvalue weighted by molar-refractivity contribution is 5.79. The van der Waals surface area contributed by atoms with Crippen molar-refractivity contribution < 1.29 is 4.79 Å². The Labute approximate surface area is 79.6 Å². The Morgan fingerprint density at radius 1 is 1.77 bits per heavy atom. The molecule has 0 saturated carbocycles.